The Kier molecular flexibility index (Phi) is 8.41. The van der Waals surface area contributed by atoms with E-state index in [1.807, 2.05) is 0 Å². The number of hydrogen-bond acceptors (Lipinski definition) is 6. The molecule has 0 bridgehead atoms. The summed E-state index contributed by atoms with van der Waals surface area (Å²) in [6.07, 6.45) is -2.28. The normalized spacial score (nSPS) is 12.1. The summed E-state index contributed by atoms with van der Waals surface area (Å²) >= 11 is 0. The first kappa shape index (κ1) is 14.8. The van der Waals surface area contributed by atoms with Gasteiger partial charge in [0.15, 0.2) is 6.10 Å². The number of carboxylic acid groups (broad SMARTS) is 1. The quantitative estimate of drug-likeness (QED) is 0.392. The predicted octanol–water partition coefficient (Wildman–Crippen LogP) is -0.972. The average Bonchev–Trinajstić information content (AvgIpc) is 2.23. The van der Waals surface area contributed by atoms with E-state index in [-0.39, 0.29) is 13.2 Å². The highest BCUT2D eigenvalue weighted by Crippen LogP contribution is 1.94. The largest absolute Gasteiger partial charge is 0.479 e. The fourth-order valence-corrected chi connectivity index (χ4v) is 0.763. The highest BCUT2D eigenvalue weighted by Gasteiger charge is 2.18. The fourth-order valence-electron chi connectivity index (χ4n) is 0.763. The molecule has 0 heterocycles. The molecule has 0 radical (unpaired) electrons. The number of rotatable bonds is 9. The van der Waals surface area contributed by atoms with Crippen LogP contribution in [0.3, 0.4) is 0 Å². The van der Waals surface area contributed by atoms with Crippen LogP contribution in [0.1, 0.15) is 6.42 Å². The molecule has 0 aromatic rings. The first-order valence-electron chi connectivity index (χ1n) is 4.71. The van der Waals surface area contributed by atoms with Crippen LogP contribution in [-0.4, -0.2) is 61.8 Å². The van der Waals surface area contributed by atoms with Crippen LogP contribution in [-0.2, 0) is 23.8 Å². The molecule has 0 spiro atoms. The van der Waals surface area contributed by atoms with E-state index in [1.54, 1.807) is 0 Å². The maximum Gasteiger partial charge on any atom is 0.333 e. The van der Waals surface area contributed by atoms with E-state index in [2.05, 4.69) is 4.74 Å². The molecular weight excluding hydrogens is 220 g/mol. The first-order chi connectivity index (χ1) is 7.57. The van der Waals surface area contributed by atoms with Crippen LogP contribution in [0, 0.1) is 0 Å². The molecule has 7 heteroatoms. The Morgan fingerprint density at radius 1 is 1.19 bits per heavy atom. The molecule has 2 N–H and O–H groups in total. The second kappa shape index (κ2) is 9.08. The molecule has 1 unspecified atom stereocenters. The molecule has 0 aromatic carbocycles. The van der Waals surface area contributed by atoms with Gasteiger partial charge in [-0.15, -0.1) is 0 Å². The molecule has 0 aliphatic carbocycles. The zero-order chi connectivity index (χ0) is 12.4. The zero-order valence-electron chi connectivity index (χ0n) is 9.05. The number of aliphatic hydroxyl groups is 1. The van der Waals surface area contributed by atoms with Crippen molar-refractivity contribution in [2.75, 3.05) is 33.5 Å². The molecule has 0 aromatic heterocycles. The average molecular weight is 236 g/mol. The minimum absolute atomic E-state index is 0.0227. The van der Waals surface area contributed by atoms with E-state index in [4.69, 9.17) is 19.7 Å². The zero-order valence-corrected chi connectivity index (χ0v) is 9.05. The van der Waals surface area contributed by atoms with E-state index in [9.17, 15) is 9.59 Å². The van der Waals surface area contributed by atoms with Crippen molar-refractivity contribution in [2.24, 2.45) is 0 Å². The number of carbonyl (C=O) groups excluding carboxylic acids is 1. The van der Waals surface area contributed by atoms with Gasteiger partial charge in [-0.3, -0.25) is 4.79 Å². The van der Waals surface area contributed by atoms with Crippen LogP contribution in [0.4, 0.5) is 0 Å². The monoisotopic (exact) mass is 236 g/mol. The number of ether oxygens (including phenoxy) is 3. The number of methoxy groups -OCH3 is 1. The number of aliphatic carboxylic acids is 1. The van der Waals surface area contributed by atoms with E-state index < -0.39 is 24.5 Å². The molecule has 16 heavy (non-hydrogen) atoms. The van der Waals surface area contributed by atoms with Gasteiger partial charge < -0.3 is 24.4 Å². The lowest BCUT2D eigenvalue weighted by molar-refractivity contribution is -0.156. The van der Waals surface area contributed by atoms with Crippen molar-refractivity contribution in [1.29, 1.82) is 0 Å². The summed E-state index contributed by atoms with van der Waals surface area (Å²) in [5.41, 5.74) is 0. The maximum atomic E-state index is 10.9. The van der Waals surface area contributed by atoms with Crippen LogP contribution in [0.15, 0.2) is 0 Å². The van der Waals surface area contributed by atoms with Crippen molar-refractivity contribution in [2.45, 2.75) is 12.5 Å². The molecule has 94 valence electrons. The standard InChI is InChI=1S/C9H16O7/c1-14-2-3-15-4-5-16-8(11)6-7(10)9(12)13/h7,10H,2-6H2,1H3,(H,12,13). The van der Waals surface area contributed by atoms with Crippen molar-refractivity contribution in [1.82, 2.24) is 0 Å². The lowest BCUT2D eigenvalue weighted by Gasteiger charge is -2.07. The summed E-state index contributed by atoms with van der Waals surface area (Å²) in [5, 5.41) is 17.1. The van der Waals surface area contributed by atoms with Gasteiger partial charge in [-0.25, -0.2) is 4.79 Å². The summed E-state index contributed by atoms with van der Waals surface area (Å²) in [7, 11) is 1.54. The van der Waals surface area contributed by atoms with Crippen molar-refractivity contribution < 1.29 is 34.0 Å². The van der Waals surface area contributed by atoms with Crippen LogP contribution >= 0.6 is 0 Å². The third-order valence-electron chi connectivity index (χ3n) is 1.57. The number of hydrogen-bond donors (Lipinski definition) is 2. The molecule has 0 aliphatic rings. The molecule has 0 aliphatic heterocycles. The second-order valence-electron chi connectivity index (χ2n) is 2.88. The lowest BCUT2D eigenvalue weighted by atomic mass is 10.2. The van der Waals surface area contributed by atoms with E-state index >= 15 is 0 Å². The first-order valence-corrected chi connectivity index (χ1v) is 4.71. The smallest absolute Gasteiger partial charge is 0.333 e. The van der Waals surface area contributed by atoms with Gasteiger partial charge in [-0.05, 0) is 0 Å². The Hall–Kier alpha value is -1.18. The minimum atomic E-state index is -1.72. The van der Waals surface area contributed by atoms with E-state index in [0.717, 1.165) is 0 Å². The van der Waals surface area contributed by atoms with E-state index in [1.165, 1.54) is 7.11 Å². The maximum absolute atomic E-state index is 10.9. The topological polar surface area (TPSA) is 102 Å². The van der Waals surface area contributed by atoms with Gasteiger partial charge in [0.1, 0.15) is 6.61 Å². The Bertz CT molecular complexity index is 216. The number of carboxylic acids is 1. The molecule has 0 saturated heterocycles. The highest BCUT2D eigenvalue weighted by molar-refractivity contribution is 5.80. The Morgan fingerprint density at radius 2 is 1.81 bits per heavy atom. The van der Waals surface area contributed by atoms with Gasteiger partial charge in [-0.2, -0.15) is 0 Å². The fraction of sp³-hybridized carbons (Fsp3) is 0.778. The summed E-state index contributed by atoms with van der Waals surface area (Å²) in [5.74, 6) is -2.22. The van der Waals surface area contributed by atoms with Gasteiger partial charge in [0, 0.05) is 7.11 Å². The molecular formula is C9H16O7. The summed E-state index contributed by atoms with van der Waals surface area (Å²) in [6, 6.07) is 0. The number of aliphatic hydroxyl groups excluding tert-OH is 1. The van der Waals surface area contributed by atoms with E-state index in [0.29, 0.717) is 13.2 Å². The van der Waals surface area contributed by atoms with Crippen LogP contribution in [0.2, 0.25) is 0 Å². The van der Waals surface area contributed by atoms with Crippen molar-refractivity contribution in [3.8, 4) is 0 Å². The van der Waals surface area contributed by atoms with Gasteiger partial charge in [0.05, 0.1) is 26.2 Å². The van der Waals surface area contributed by atoms with Crippen LogP contribution in [0.25, 0.3) is 0 Å². The molecule has 7 nitrogen and oxygen atoms in total. The molecule has 0 fully saturated rings. The summed E-state index contributed by atoms with van der Waals surface area (Å²) in [4.78, 5) is 21.1. The second-order valence-corrected chi connectivity index (χ2v) is 2.88. The Balaban J connectivity index is 3.40. The SMILES string of the molecule is COCCOCCOC(=O)CC(O)C(=O)O. The Labute approximate surface area is 92.9 Å². The van der Waals surface area contributed by atoms with Crippen LogP contribution < -0.4 is 0 Å². The molecule has 0 saturated carbocycles. The minimum Gasteiger partial charge on any atom is -0.479 e. The van der Waals surface area contributed by atoms with Crippen molar-refractivity contribution >= 4 is 11.9 Å². The molecule has 0 amide bonds. The van der Waals surface area contributed by atoms with Gasteiger partial charge in [0.25, 0.3) is 0 Å². The molecule has 0 rings (SSSR count). The van der Waals surface area contributed by atoms with Gasteiger partial charge in [0.2, 0.25) is 0 Å². The Morgan fingerprint density at radius 3 is 2.38 bits per heavy atom. The number of carbonyl (C=O) groups is 2. The van der Waals surface area contributed by atoms with Gasteiger partial charge >= 0.3 is 11.9 Å². The summed E-state index contributed by atoms with van der Waals surface area (Å²) < 4.78 is 14.3. The van der Waals surface area contributed by atoms with Crippen molar-refractivity contribution in [3.05, 3.63) is 0 Å². The highest BCUT2D eigenvalue weighted by atomic mass is 16.6. The molecule has 1 atom stereocenters. The predicted molar refractivity (Wildman–Crippen MR) is 51.9 cm³/mol. The van der Waals surface area contributed by atoms with Gasteiger partial charge in [-0.1, -0.05) is 0 Å². The third kappa shape index (κ3) is 8.16. The lowest BCUT2D eigenvalue weighted by Crippen LogP contribution is -2.25. The third-order valence-corrected chi connectivity index (χ3v) is 1.57. The number of esters is 1. The van der Waals surface area contributed by atoms with Crippen molar-refractivity contribution in [3.63, 3.8) is 0 Å². The summed E-state index contributed by atoms with van der Waals surface area (Å²) in [6.45, 7) is 1.07. The van der Waals surface area contributed by atoms with Crippen LogP contribution in [0.5, 0.6) is 0 Å².